The van der Waals surface area contributed by atoms with Crippen LogP contribution in [-0.2, 0) is 4.79 Å². The Hall–Kier alpha value is -0.790. The Kier molecular flexibility index (Phi) is 12.8. The number of amides is 1. The van der Waals surface area contributed by atoms with Gasteiger partial charge < -0.3 is 4.90 Å². The molecule has 1 aliphatic carbocycles. The molecule has 0 aliphatic heterocycles. The highest BCUT2D eigenvalue weighted by Crippen LogP contribution is 2.34. The fraction of sp³-hybridized carbons (Fsp3) is 0.875. The average Bonchev–Trinajstić information content (AvgIpc) is 2.64. The van der Waals surface area contributed by atoms with Gasteiger partial charge in [-0.2, -0.15) is 0 Å². The van der Waals surface area contributed by atoms with Crippen molar-refractivity contribution in [1.29, 1.82) is 0 Å². The van der Waals surface area contributed by atoms with Crippen molar-refractivity contribution in [3.63, 3.8) is 0 Å². The highest BCUT2D eigenvalue weighted by atomic mass is 16.2. The van der Waals surface area contributed by atoms with Crippen LogP contribution in [-0.4, -0.2) is 24.4 Å². The Morgan fingerprint density at radius 1 is 0.846 bits per heavy atom. The minimum atomic E-state index is 0.0964. The van der Waals surface area contributed by atoms with Crippen LogP contribution in [0, 0.1) is 11.8 Å². The van der Waals surface area contributed by atoms with Gasteiger partial charge in [-0.25, -0.2) is 0 Å². The number of nitrogens with zero attached hydrogens (tertiary/aromatic N) is 1. The van der Waals surface area contributed by atoms with E-state index < -0.39 is 0 Å². The number of unbranched alkanes of at least 4 members (excludes halogenated alkanes) is 7. The smallest absolute Gasteiger partial charge is 0.248 e. The number of carbonyl (C=O) groups is 1. The van der Waals surface area contributed by atoms with E-state index in [9.17, 15) is 4.79 Å². The Labute approximate surface area is 163 Å². The van der Waals surface area contributed by atoms with Crippen LogP contribution in [0.2, 0.25) is 0 Å². The van der Waals surface area contributed by atoms with Gasteiger partial charge in [-0.3, -0.25) is 4.79 Å². The molecular formula is C24H45NO. The van der Waals surface area contributed by atoms with Crippen molar-refractivity contribution in [1.82, 2.24) is 4.90 Å². The van der Waals surface area contributed by atoms with Gasteiger partial charge in [0.05, 0.1) is 0 Å². The molecule has 0 atom stereocenters. The SMILES string of the molecule is C=C(C)C(=O)N(C)CCCC1CCC(CCCCCCCCCC)CC1. The quantitative estimate of drug-likeness (QED) is 0.237. The minimum Gasteiger partial charge on any atom is -0.342 e. The molecule has 1 saturated carbocycles. The average molecular weight is 364 g/mol. The van der Waals surface area contributed by atoms with Crippen molar-refractivity contribution in [3.05, 3.63) is 12.2 Å². The fourth-order valence-corrected chi connectivity index (χ4v) is 4.42. The molecule has 0 aromatic rings. The van der Waals surface area contributed by atoms with Gasteiger partial charge in [-0.1, -0.05) is 97.0 Å². The van der Waals surface area contributed by atoms with Gasteiger partial charge >= 0.3 is 0 Å². The lowest BCUT2D eigenvalue weighted by molar-refractivity contribution is -0.125. The van der Waals surface area contributed by atoms with Crippen LogP contribution in [0.15, 0.2) is 12.2 Å². The first-order valence-electron chi connectivity index (χ1n) is 11.5. The summed E-state index contributed by atoms with van der Waals surface area (Å²) >= 11 is 0. The van der Waals surface area contributed by atoms with Crippen molar-refractivity contribution in [2.75, 3.05) is 13.6 Å². The number of hydrogen-bond donors (Lipinski definition) is 0. The lowest BCUT2D eigenvalue weighted by Gasteiger charge is -2.29. The summed E-state index contributed by atoms with van der Waals surface area (Å²) in [6, 6.07) is 0. The highest BCUT2D eigenvalue weighted by Gasteiger charge is 2.21. The molecule has 0 bridgehead atoms. The highest BCUT2D eigenvalue weighted by molar-refractivity contribution is 5.91. The summed E-state index contributed by atoms with van der Waals surface area (Å²) < 4.78 is 0. The minimum absolute atomic E-state index is 0.0964. The summed E-state index contributed by atoms with van der Waals surface area (Å²) in [5.41, 5.74) is 0.647. The zero-order chi connectivity index (χ0) is 19.2. The molecule has 26 heavy (non-hydrogen) atoms. The van der Waals surface area contributed by atoms with E-state index in [1.807, 2.05) is 11.9 Å². The van der Waals surface area contributed by atoms with Crippen LogP contribution in [0.1, 0.15) is 110 Å². The van der Waals surface area contributed by atoms with Crippen LogP contribution in [0.5, 0.6) is 0 Å². The third-order valence-electron chi connectivity index (χ3n) is 6.25. The monoisotopic (exact) mass is 363 g/mol. The number of likely N-dealkylation sites (N-methyl/N-ethyl adjacent to an activating group) is 1. The summed E-state index contributed by atoms with van der Waals surface area (Å²) in [6.07, 6.45) is 21.1. The predicted molar refractivity (Wildman–Crippen MR) is 114 cm³/mol. The van der Waals surface area contributed by atoms with Crippen LogP contribution < -0.4 is 0 Å². The molecule has 1 aliphatic rings. The Bertz CT molecular complexity index is 382. The first-order chi connectivity index (χ1) is 12.5. The van der Waals surface area contributed by atoms with Gasteiger partial charge in [-0.15, -0.1) is 0 Å². The van der Waals surface area contributed by atoms with E-state index in [0.29, 0.717) is 5.57 Å². The lowest BCUT2D eigenvalue weighted by atomic mass is 9.78. The van der Waals surface area contributed by atoms with Gasteiger partial charge in [0, 0.05) is 19.2 Å². The topological polar surface area (TPSA) is 20.3 Å². The maximum Gasteiger partial charge on any atom is 0.248 e. The molecule has 0 aromatic carbocycles. The van der Waals surface area contributed by atoms with Gasteiger partial charge in [0.1, 0.15) is 0 Å². The fourth-order valence-electron chi connectivity index (χ4n) is 4.42. The third-order valence-corrected chi connectivity index (χ3v) is 6.25. The standard InChI is InChI=1S/C24H45NO/c1-5-6-7-8-9-10-11-12-14-22-16-18-23(19-17-22)15-13-20-25(4)24(26)21(2)3/h22-23H,2,5-20H2,1,3-4H3. The molecule has 0 radical (unpaired) electrons. The van der Waals surface area contributed by atoms with Gasteiger partial charge in [0.2, 0.25) is 5.91 Å². The molecule has 0 spiro atoms. The number of carbonyl (C=O) groups excluding carboxylic acids is 1. The molecule has 2 heteroatoms. The van der Waals surface area contributed by atoms with E-state index in [0.717, 1.165) is 24.8 Å². The van der Waals surface area contributed by atoms with E-state index in [4.69, 9.17) is 0 Å². The zero-order valence-electron chi connectivity index (χ0n) is 18.0. The molecule has 1 amide bonds. The summed E-state index contributed by atoms with van der Waals surface area (Å²) in [6.45, 7) is 8.71. The predicted octanol–water partition coefficient (Wildman–Crippen LogP) is 7.14. The molecule has 2 nitrogen and oxygen atoms in total. The van der Waals surface area contributed by atoms with E-state index >= 15 is 0 Å². The van der Waals surface area contributed by atoms with Gasteiger partial charge in [-0.05, 0) is 31.6 Å². The molecule has 0 N–H and O–H groups in total. The maximum atomic E-state index is 11.8. The van der Waals surface area contributed by atoms with E-state index in [1.54, 1.807) is 6.92 Å². The normalized spacial score (nSPS) is 20.1. The van der Waals surface area contributed by atoms with Crippen LogP contribution in [0.3, 0.4) is 0 Å². The van der Waals surface area contributed by atoms with Crippen molar-refractivity contribution in [2.24, 2.45) is 11.8 Å². The molecule has 152 valence electrons. The van der Waals surface area contributed by atoms with Crippen molar-refractivity contribution in [2.45, 2.75) is 110 Å². The van der Waals surface area contributed by atoms with Crippen molar-refractivity contribution in [3.8, 4) is 0 Å². The second-order valence-electron chi connectivity index (χ2n) is 8.80. The second kappa shape index (κ2) is 14.3. The molecule has 0 heterocycles. The molecular weight excluding hydrogens is 318 g/mol. The third kappa shape index (κ3) is 10.4. The van der Waals surface area contributed by atoms with Crippen LogP contribution in [0.4, 0.5) is 0 Å². The van der Waals surface area contributed by atoms with E-state index in [2.05, 4.69) is 13.5 Å². The number of rotatable bonds is 14. The Morgan fingerprint density at radius 2 is 1.31 bits per heavy atom. The maximum absolute atomic E-state index is 11.8. The van der Waals surface area contributed by atoms with Crippen LogP contribution in [0.25, 0.3) is 0 Å². The molecule has 1 rings (SSSR count). The molecule has 0 saturated heterocycles. The lowest BCUT2D eigenvalue weighted by Crippen LogP contribution is -2.28. The molecule has 0 aromatic heterocycles. The van der Waals surface area contributed by atoms with Gasteiger partial charge in [0.15, 0.2) is 0 Å². The van der Waals surface area contributed by atoms with E-state index in [1.165, 1.54) is 89.9 Å². The Balaban J connectivity index is 1.98. The van der Waals surface area contributed by atoms with Crippen molar-refractivity contribution >= 4 is 5.91 Å². The summed E-state index contributed by atoms with van der Waals surface area (Å²) in [4.78, 5) is 13.6. The van der Waals surface area contributed by atoms with Crippen molar-refractivity contribution < 1.29 is 4.79 Å². The second-order valence-corrected chi connectivity index (χ2v) is 8.80. The van der Waals surface area contributed by atoms with Crippen LogP contribution >= 0.6 is 0 Å². The summed E-state index contributed by atoms with van der Waals surface area (Å²) in [5.74, 6) is 2.00. The van der Waals surface area contributed by atoms with E-state index in [-0.39, 0.29) is 5.91 Å². The summed E-state index contributed by atoms with van der Waals surface area (Å²) in [7, 11) is 1.90. The van der Waals surface area contributed by atoms with Gasteiger partial charge in [0.25, 0.3) is 0 Å². The summed E-state index contributed by atoms with van der Waals surface area (Å²) in [5, 5.41) is 0. The zero-order valence-corrected chi connectivity index (χ0v) is 18.0. The molecule has 1 fully saturated rings. The first-order valence-corrected chi connectivity index (χ1v) is 11.5. The molecule has 0 unspecified atom stereocenters. The Morgan fingerprint density at radius 3 is 1.81 bits per heavy atom. The number of hydrogen-bond acceptors (Lipinski definition) is 1. The first kappa shape index (κ1) is 23.2. The largest absolute Gasteiger partial charge is 0.342 e.